The molecule has 6 rings (SSSR count). The Morgan fingerprint density at radius 1 is 0.971 bits per heavy atom. The summed E-state index contributed by atoms with van der Waals surface area (Å²) in [5.74, 6) is 1.60. The van der Waals surface area contributed by atoms with E-state index < -0.39 is 0 Å². The van der Waals surface area contributed by atoms with E-state index in [9.17, 15) is 0 Å². The average Bonchev–Trinajstić information content (AvgIpc) is 3.28. The quantitative estimate of drug-likeness (QED) is 0.482. The van der Waals surface area contributed by atoms with Gasteiger partial charge in [-0.3, -0.25) is 4.90 Å². The van der Waals surface area contributed by atoms with Crippen LogP contribution in [0.15, 0.2) is 42.9 Å². The van der Waals surface area contributed by atoms with E-state index in [1.165, 1.54) is 36.8 Å². The Bertz CT molecular complexity index is 1150. The minimum Gasteiger partial charge on any atom is -0.481 e. The number of morpholine rings is 1. The second-order valence-corrected chi connectivity index (χ2v) is 9.48. The molecule has 0 amide bonds. The highest BCUT2D eigenvalue weighted by Gasteiger charge is 2.29. The number of nitrogens with zero attached hydrogens (tertiary/aromatic N) is 4. The maximum atomic E-state index is 5.53. The smallest absolute Gasteiger partial charge is 0.212 e. The highest BCUT2D eigenvalue weighted by atomic mass is 16.5. The number of fused-ring (bicyclic) bond motifs is 3. The molecular formula is C27H31N5O2. The fourth-order valence-corrected chi connectivity index (χ4v) is 5.66. The van der Waals surface area contributed by atoms with Crippen molar-refractivity contribution in [3.05, 3.63) is 54.1 Å². The number of methoxy groups -OCH3 is 1. The Kier molecular flexibility index (Phi) is 5.89. The lowest BCUT2D eigenvalue weighted by molar-refractivity contribution is 0.00791. The first-order valence-corrected chi connectivity index (χ1v) is 12.3. The molecule has 2 aliphatic carbocycles. The van der Waals surface area contributed by atoms with Gasteiger partial charge in [-0.1, -0.05) is 12.1 Å². The fourth-order valence-electron chi connectivity index (χ4n) is 5.66. The van der Waals surface area contributed by atoms with E-state index in [1.54, 1.807) is 13.4 Å². The van der Waals surface area contributed by atoms with Gasteiger partial charge in [0.1, 0.15) is 12.1 Å². The number of rotatable bonds is 5. The third kappa shape index (κ3) is 4.14. The number of benzene rings is 1. The fraction of sp³-hybridized carbons (Fsp3) is 0.444. The van der Waals surface area contributed by atoms with E-state index >= 15 is 0 Å². The van der Waals surface area contributed by atoms with Gasteiger partial charge in [-0.2, -0.15) is 0 Å². The zero-order valence-corrected chi connectivity index (χ0v) is 19.7. The van der Waals surface area contributed by atoms with Gasteiger partial charge in [0, 0.05) is 55.0 Å². The molecule has 0 atom stereocenters. The van der Waals surface area contributed by atoms with E-state index in [0.717, 1.165) is 60.9 Å². The monoisotopic (exact) mass is 457 g/mol. The molecule has 7 nitrogen and oxygen atoms in total. The number of hydrogen-bond acceptors (Lipinski definition) is 7. The van der Waals surface area contributed by atoms with Crippen LogP contribution < -0.4 is 10.1 Å². The zero-order valence-electron chi connectivity index (χ0n) is 19.7. The minimum atomic E-state index is 0.453. The number of anilines is 1. The molecule has 2 aromatic heterocycles. The van der Waals surface area contributed by atoms with Crippen molar-refractivity contribution in [3.8, 4) is 28.1 Å². The average molecular weight is 458 g/mol. The van der Waals surface area contributed by atoms with Crippen LogP contribution in [0, 0.1) is 0 Å². The van der Waals surface area contributed by atoms with Crippen molar-refractivity contribution >= 4 is 5.82 Å². The summed E-state index contributed by atoms with van der Waals surface area (Å²) in [6.45, 7) is 3.90. The largest absolute Gasteiger partial charge is 0.481 e. The van der Waals surface area contributed by atoms with Gasteiger partial charge in [-0.05, 0) is 54.5 Å². The molecule has 0 bridgehead atoms. The van der Waals surface area contributed by atoms with Crippen LogP contribution in [0.2, 0.25) is 0 Å². The lowest BCUT2D eigenvalue weighted by Gasteiger charge is -2.39. The number of ether oxygens (including phenoxy) is 2. The van der Waals surface area contributed by atoms with Gasteiger partial charge in [-0.25, -0.2) is 15.0 Å². The molecule has 0 spiro atoms. The van der Waals surface area contributed by atoms with Gasteiger partial charge in [0.25, 0.3) is 0 Å². The van der Waals surface area contributed by atoms with Crippen molar-refractivity contribution in [1.29, 1.82) is 0 Å². The molecule has 1 saturated heterocycles. The Morgan fingerprint density at radius 3 is 2.56 bits per heavy atom. The lowest BCUT2D eigenvalue weighted by atomic mass is 9.89. The van der Waals surface area contributed by atoms with E-state index in [2.05, 4.69) is 44.5 Å². The van der Waals surface area contributed by atoms with Gasteiger partial charge < -0.3 is 14.8 Å². The van der Waals surface area contributed by atoms with E-state index in [0.29, 0.717) is 18.0 Å². The summed E-state index contributed by atoms with van der Waals surface area (Å²) in [5, 5.41) is 3.80. The van der Waals surface area contributed by atoms with Crippen molar-refractivity contribution in [2.24, 2.45) is 0 Å². The lowest BCUT2D eigenvalue weighted by Crippen LogP contribution is -2.46. The Hall–Kier alpha value is -3.03. The van der Waals surface area contributed by atoms with Crippen LogP contribution in [0.1, 0.15) is 36.9 Å². The summed E-state index contributed by atoms with van der Waals surface area (Å²) in [4.78, 5) is 16.3. The van der Waals surface area contributed by atoms with Crippen molar-refractivity contribution < 1.29 is 9.47 Å². The predicted molar refractivity (Wildman–Crippen MR) is 132 cm³/mol. The molecule has 1 N–H and O–H groups in total. The highest BCUT2D eigenvalue weighted by Crippen LogP contribution is 2.42. The van der Waals surface area contributed by atoms with Crippen molar-refractivity contribution in [2.45, 2.75) is 44.2 Å². The summed E-state index contributed by atoms with van der Waals surface area (Å²) >= 11 is 0. The van der Waals surface area contributed by atoms with Gasteiger partial charge in [0.15, 0.2) is 0 Å². The van der Waals surface area contributed by atoms with Gasteiger partial charge >= 0.3 is 0 Å². The first kappa shape index (κ1) is 21.5. The molecule has 1 aliphatic heterocycles. The predicted octanol–water partition coefficient (Wildman–Crippen LogP) is 4.17. The molecule has 1 aromatic carbocycles. The first-order chi connectivity index (χ1) is 16.8. The molecular weight excluding hydrogens is 426 g/mol. The molecule has 34 heavy (non-hydrogen) atoms. The number of aromatic nitrogens is 3. The summed E-state index contributed by atoms with van der Waals surface area (Å²) in [5.41, 5.74) is 7.02. The summed E-state index contributed by atoms with van der Waals surface area (Å²) in [6, 6.07) is 11.7. The molecule has 176 valence electrons. The third-order valence-corrected chi connectivity index (χ3v) is 7.54. The van der Waals surface area contributed by atoms with Crippen LogP contribution in [-0.2, 0) is 11.2 Å². The molecule has 3 heterocycles. The van der Waals surface area contributed by atoms with Gasteiger partial charge in [-0.15, -0.1) is 0 Å². The second kappa shape index (κ2) is 9.31. The molecule has 2 fully saturated rings. The van der Waals surface area contributed by atoms with Crippen LogP contribution in [0.4, 0.5) is 5.82 Å². The number of pyridine rings is 1. The van der Waals surface area contributed by atoms with E-state index in [-0.39, 0.29) is 0 Å². The summed E-state index contributed by atoms with van der Waals surface area (Å²) < 4.78 is 10.7. The molecule has 3 aliphatic rings. The number of nitrogens with one attached hydrogen (secondary N) is 1. The molecule has 0 radical (unpaired) electrons. The Balaban J connectivity index is 1.21. The van der Waals surface area contributed by atoms with Crippen molar-refractivity contribution in [3.63, 3.8) is 0 Å². The van der Waals surface area contributed by atoms with E-state index in [4.69, 9.17) is 14.5 Å². The van der Waals surface area contributed by atoms with Crippen molar-refractivity contribution in [2.75, 3.05) is 38.7 Å². The Labute approximate surface area is 200 Å². The van der Waals surface area contributed by atoms with Crippen molar-refractivity contribution in [1.82, 2.24) is 19.9 Å². The maximum Gasteiger partial charge on any atom is 0.212 e. The number of hydrogen-bond donors (Lipinski definition) is 1. The van der Waals surface area contributed by atoms with Crippen LogP contribution >= 0.6 is 0 Å². The molecule has 7 heteroatoms. The minimum absolute atomic E-state index is 0.453. The normalized spacial score (nSPS) is 22.1. The standard InChI is InChI=1S/C27H31N5O2/c1-33-25-9-4-20(16-28-25)18-2-3-19-15-24-26(23(19)14-18)27(30-17-29-24)31-21-5-7-22(8-6-21)32-10-12-34-13-11-32/h2-4,9,14,16-17,21-22H,5-8,10-13,15H2,1H3,(H,29,30,31). The van der Waals surface area contributed by atoms with Crippen LogP contribution in [-0.4, -0.2) is 65.3 Å². The van der Waals surface area contributed by atoms with Gasteiger partial charge in [0.05, 0.1) is 26.0 Å². The summed E-state index contributed by atoms with van der Waals surface area (Å²) in [6.07, 6.45) is 9.24. The van der Waals surface area contributed by atoms with Crippen LogP contribution in [0.25, 0.3) is 22.3 Å². The first-order valence-electron chi connectivity index (χ1n) is 12.3. The molecule has 3 aromatic rings. The maximum absolute atomic E-state index is 5.53. The van der Waals surface area contributed by atoms with E-state index in [1.807, 2.05) is 12.3 Å². The highest BCUT2D eigenvalue weighted by molar-refractivity contribution is 5.86. The SMILES string of the molecule is COc1ccc(-c2ccc3c(c2)-c2c(ncnc2NC2CCC(N4CCOCC4)CC2)C3)cn1. The van der Waals surface area contributed by atoms with Crippen LogP contribution in [0.5, 0.6) is 5.88 Å². The second-order valence-electron chi connectivity index (χ2n) is 9.48. The third-order valence-electron chi connectivity index (χ3n) is 7.54. The van der Waals surface area contributed by atoms with Gasteiger partial charge in [0.2, 0.25) is 5.88 Å². The molecule has 1 saturated carbocycles. The topological polar surface area (TPSA) is 72.4 Å². The Morgan fingerprint density at radius 2 is 1.79 bits per heavy atom. The zero-order chi connectivity index (χ0) is 22.9. The molecule has 0 unspecified atom stereocenters. The summed E-state index contributed by atoms with van der Waals surface area (Å²) in [7, 11) is 1.64. The van der Waals surface area contributed by atoms with Crippen LogP contribution in [0.3, 0.4) is 0 Å².